The maximum atomic E-state index is 2.44. The second-order valence-electron chi connectivity index (χ2n) is 13.3. The fraction of sp³-hybridized carbons (Fsp3) is 0. The molecule has 0 saturated heterocycles. The van der Waals surface area contributed by atoms with Crippen LogP contribution in [0.5, 0.6) is 0 Å². The Hall–Kier alpha value is -6.90. The van der Waals surface area contributed by atoms with Gasteiger partial charge in [0.05, 0.1) is 16.7 Å². The molecule has 0 N–H and O–H groups in total. The van der Waals surface area contributed by atoms with Crippen LogP contribution in [0.25, 0.3) is 71.3 Å². The van der Waals surface area contributed by atoms with Gasteiger partial charge < -0.3 is 9.47 Å². The minimum Gasteiger partial charge on any atom is -0.310 e. The van der Waals surface area contributed by atoms with Crippen LogP contribution < -0.4 is 4.90 Å². The average Bonchev–Trinajstić information content (AvgIpc) is 3.55. The SMILES string of the molecule is c1ccc(N(c2ccc3c4ccccc4n(-c4ccccc4)c3c2)c2cccc(-c3cccc4ccccc34)c2-c2cccc3ccccc23)cc1. The van der Waals surface area contributed by atoms with Crippen molar-refractivity contribution in [2.75, 3.05) is 4.90 Å². The van der Waals surface area contributed by atoms with Crippen LogP contribution in [0.4, 0.5) is 17.1 Å². The van der Waals surface area contributed by atoms with Gasteiger partial charge in [0.25, 0.3) is 0 Å². The van der Waals surface area contributed by atoms with E-state index in [0.717, 1.165) is 22.7 Å². The third-order valence-electron chi connectivity index (χ3n) is 10.4. The largest absolute Gasteiger partial charge is 0.310 e. The van der Waals surface area contributed by atoms with Crippen molar-refractivity contribution in [2.24, 2.45) is 0 Å². The minimum atomic E-state index is 1.09. The summed E-state index contributed by atoms with van der Waals surface area (Å²) < 4.78 is 2.40. The van der Waals surface area contributed by atoms with Gasteiger partial charge in [0.1, 0.15) is 0 Å². The summed E-state index contributed by atoms with van der Waals surface area (Å²) in [5.41, 5.74) is 11.6. The van der Waals surface area contributed by atoms with Crippen LogP contribution in [0.3, 0.4) is 0 Å². The van der Waals surface area contributed by atoms with Gasteiger partial charge in [-0.25, -0.2) is 0 Å². The van der Waals surface area contributed by atoms with Crippen molar-refractivity contribution in [3.63, 3.8) is 0 Å². The van der Waals surface area contributed by atoms with Gasteiger partial charge in [-0.3, -0.25) is 0 Å². The zero-order valence-corrected chi connectivity index (χ0v) is 28.5. The number of para-hydroxylation sites is 3. The van der Waals surface area contributed by atoms with E-state index in [1.807, 2.05) is 0 Å². The fourth-order valence-corrected chi connectivity index (χ4v) is 8.10. The zero-order chi connectivity index (χ0) is 34.4. The van der Waals surface area contributed by atoms with Crippen LogP contribution in [-0.4, -0.2) is 4.57 Å². The first-order valence-electron chi connectivity index (χ1n) is 17.9. The average molecular weight is 663 g/mol. The van der Waals surface area contributed by atoms with E-state index in [9.17, 15) is 0 Å². The molecule has 0 bridgehead atoms. The van der Waals surface area contributed by atoms with Gasteiger partial charge in [-0.05, 0) is 86.8 Å². The molecule has 0 unspecified atom stereocenters. The normalized spacial score (nSPS) is 11.5. The molecule has 1 aromatic heterocycles. The molecule has 0 spiro atoms. The van der Waals surface area contributed by atoms with E-state index < -0.39 is 0 Å². The monoisotopic (exact) mass is 662 g/mol. The highest BCUT2D eigenvalue weighted by molar-refractivity contribution is 6.12. The van der Waals surface area contributed by atoms with Crippen LogP contribution in [-0.2, 0) is 0 Å². The predicted octanol–water partition coefficient (Wildman–Crippen LogP) is 13.9. The van der Waals surface area contributed by atoms with Gasteiger partial charge in [-0.1, -0.05) is 158 Å². The molecular weight excluding hydrogens is 629 g/mol. The third-order valence-corrected chi connectivity index (χ3v) is 10.4. The first kappa shape index (κ1) is 30.0. The molecule has 0 aliphatic rings. The molecule has 2 nitrogen and oxygen atoms in total. The molecule has 10 rings (SSSR count). The maximum absolute atomic E-state index is 2.44. The van der Waals surface area contributed by atoms with E-state index in [0.29, 0.717) is 0 Å². The Morgan fingerprint density at radius 2 is 0.865 bits per heavy atom. The molecule has 0 amide bonds. The number of aromatic nitrogens is 1. The van der Waals surface area contributed by atoms with E-state index in [1.165, 1.54) is 65.6 Å². The Morgan fingerprint density at radius 1 is 0.327 bits per heavy atom. The van der Waals surface area contributed by atoms with Crippen LogP contribution in [0, 0.1) is 0 Å². The molecule has 10 aromatic rings. The van der Waals surface area contributed by atoms with E-state index in [1.54, 1.807) is 0 Å². The summed E-state index contributed by atoms with van der Waals surface area (Å²) >= 11 is 0. The minimum absolute atomic E-state index is 1.09. The smallest absolute Gasteiger partial charge is 0.0561 e. The predicted molar refractivity (Wildman–Crippen MR) is 221 cm³/mol. The van der Waals surface area contributed by atoms with Crippen LogP contribution >= 0.6 is 0 Å². The van der Waals surface area contributed by atoms with Crippen molar-refractivity contribution in [1.82, 2.24) is 4.57 Å². The Bertz CT molecular complexity index is 2890. The molecule has 1 heterocycles. The molecule has 0 aliphatic carbocycles. The highest BCUT2D eigenvalue weighted by atomic mass is 15.1. The first-order chi connectivity index (χ1) is 25.8. The Labute approximate surface area is 303 Å². The Kier molecular flexibility index (Phi) is 7.18. The molecule has 0 saturated carbocycles. The van der Waals surface area contributed by atoms with Crippen LogP contribution in [0.1, 0.15) is 0 Å². The second-order valence-corrected chi connectivity index (χ2v) is 13.3. The number of anilines is 3. The fourth-order valence-electron chi connectivity index (χ4n) is 8.10. The quantitative estimate of drug-likeness (QED) is 0.172. The second kappa shape index (κ2) is 12.5. The lowest BCUT2D eigenvalue weighted by atomic mass is 9.87. The number of benzene rings is 9. The topological polar surface area (TPSA) is 8.17 Å². The number of hydrogen-bond donors (Lipinski definition) is 0. The van der Waals surface area contributed by atoms with Gasteiger partial charge in [0, 0.05) is 33.4 Å². The Balaban J connectivity index is 1.31. The standard InChI is InChI=1S/C50H34N2/c1-3-20-37(21-4-1)51(39-32-33-44-43-26-11-12-30-47(43)52(49(44)34-39)38-22-5-2-6-23-38)48-31-15-29-46(42-27-13-18-35-16-7-9-24-40(35)42)50(48)45-28-14-19-36-17-8-10-25-41(36)45/h1-34H. The molecular formula is C50H34N2. The number of rotatable bonds is 6. The lowest BCUT2D eigenvalue weighted by Gasteiger charge is -2.30. The van der Waals surface area contributed by atoms with Gasteiger partial charge >= 0.3 is 0 Å². The molecule has 244 valence electrons. The highest BCUT2D eigenvalue weighted by Gasteiger charge is 2.23. The van der Waals surface area contributed by atoms with E-state index in [2.05, 4.69) is 216 Å². The van der Waals surface area contributed by atoms with E-state index in [-0.39, 0.29) is 0 Å². The summed E-state index contributed by atoms with van der Waals surface area (Å²) in [5.74, 6) is 0. The van der Waals surface area contributed by atoms with Gasteiger partial charge in [-0.15, -0.1) is 0 Å². The summed E-state index contributed by atoms with van der Waals surface area (Å²) in [6, 6.07) is 74.8. The van der Waals surface area contributed by atoms with Crippen LogP contribution in [0.2, 0.25) is 0 Å². The highest BCUT2D eigenvalue weighted by Crippen LogP contribution is 2.49. The summed E-state index contributed by atoms with van der Waals surface area (Å²) in [4.78, 5) is 2.44. The molecule has 52 heavy (non-hydrogen) atoms. The molecule has 0 atom stereocenters. The van der Waals surface area contributed by atoms with Gasteiger partial charge in [-0.2, -0.15) is 0 Å². The van der Waals surface area contributed by atoms with Crippen molar-refractivity contribution in [1.29, 1.82) is 0 Å². The third kappa shape index (κ3) is 4.88. The van der Waals surface area contributed by atoms with Gasteiger partial charge in [0.2, 0.25) is 0 Å². The lowest BCUT2D eigenvalue weighted by Crippen LogP contribution is -2.12. The van der Waals surface area contributed by atoms with Crippen molar-refractivity contribution >= 4 is 60.4 Å². The summed E-state index contributed by atoms with van der Waals surface area (Å²) in [6.45, 7) is 0. The number of nitrogens with zero attached hydrogens (tertiary/aromatic N) is 2. The van der Waals surface area contributed by atoms with Crippen LogP contribution in [0.15, 0.2) is 206 Å². The summed E-state index contributed by atoms with van der Waals surface area (Å²) in [5, 5.41) is 7.39. The zero-order valence-electron chi connectivity index (χ0n) is 28.5. The number of hydrogen-bond acceptors (Lipinski definition) is 1. The van der Waals surface area contributed by atoms with Crippen molar-refractivity contribution in [2.45, 2.75) is 0 Å². The first-order valence-corrected chi connectivity index (χ1v) is 17.9. The van der Waals surface area contributed by atoms with E-state index in [4.69, 9.17) is 0 Å². The van der Waals surface area contributed by atoms with E-state index >= 15 is 0 Å². The number of fused-ring (bicyclic) bond motifs is 5. The lowest BCUT2D eigenvalue weighted by molar-refractivity contribution is 1.18. The van der Waals surface area contributed by atoms with Crippen molar-refractivity contribution in [3.8, 4) is 27.9 Å². The van der Waals surface area contributed by atoms with Crippen molar-refractivity contribution < 1.29 is 0 Å². The summed E-state index contributed by atoms with van der Waals surface area (Å²) in [6.07, 6.45) is 0. The Morgan fingerprint density at radius 3 is 1.62 bits per heavy atom. The molecule has 2 heteroatoms. The van der Waals surface area contributed by atoms with Gasteiger partial charge in [0.15, 0.2) is 0 Å². The maximum Gasteiger partial charge on any atom is 0.0561 e. The molecule has 0 fully saturated rings. The van der Waals surface area contributed by atoms with Crippen molar-refractivity contribution in [3.05, 3.63) is 206 Å². The molecule has 9 aromatic carbocycles. The molecule has 0 radical (unpaired) electrons. The summed E-state index contributed by atoms with van der Waals surface area (Å²) in [7, 11) is 0. The molecule has 0 aliphatic heterocycles.